The maximum absolute atomic E-state index is 11.4. The van der Waals surface area contributed by atoms with E-state index in [1.807, 2.05) is 6.92 Å². The van der Waals surface area contributed by atoms with E-state index >= 15 is 0 Å². The second-order valence-corrected chi connectivity index (χ2v) is 4.08. The molecule has 0 aromatic rings. The lowest BCUT2D eigenvalue weighted by Gasteiger charge is -2.08. The lowest BCUT2D eigenvalue weighted by molar-refractivity contribution is -0.144. The fraction of sp³-hybridized carbons (Fsp3) is 0.692. The molecule has 0 saturated heterocycles. The number of esters is 2. The number of ether oxygens (including phenoxy) is 3. The van der Waals surface area contributed by atoms with Crippen molar-refractivity contribution < 1.29 is 23.8 Å². The first-order chi connectivity index (χ1) is 8.52. The van der Waals surface area contributed by atoms with Crippen LogP contribution in [0.15, 0.2) is 11.8 Å². The van der Waals surface area contributed by atoms with Gasteiger partial charge in [-0.3, -0.25) is 4.79 Å². The zero-order valence-corrected chi connectivity index (χ0v) is 11.5. The molecular weight excluding hydrogens is 236 g/mol. The van der Waals surface area contributed by atoms with Gasteiger partial charge in [0.25, 0.3) is 0 Å². The fourth-order valence-corrected chi connectivity index (χ4v) is 1.05. The summed E-state index contributed by atoms with van der Waals surface area (Å²) in [6.07, 6.45) is 2.91. The normalized spacial score (nSPS) is 13.0. The van der Waals surface area contributed by atoms with Gasteiger partial charge < -0.3 is 14.2 Å². The molecule has 0 N–H and O–H groups in total. The van der Waals surface area contributed by atoms with E-state index in [1.165, 1.54) is 7.11 Å². The van der Waals surface area contributed by atoms with E-state index < -0.39 is 11.9 Å². The zero-order valence-electron chi connectivity index (χ0n) is 11.5. The van der Waals surface area contributed by atoms with E-state index in [4.69, 9.17) is 14.2 Å². The summed E-state index contributed by atoms with van der Waals surface area (Å²) in [7, 11) is 1.51. The number of carbonyl (C=O) groups is 2. The highest BCUT2D eigenvalue weighted by molar-refractivity contribution is 5.87. The molecule has 1 unspecified atom stereocenters. The summed E-state index contributed by atoms with van der Waals surface area (Å²) in [6.45, 7) is 5.91. The first-order valence-electron chi connectivity index (χ1n) is 6.06. The topological polar surface area (TPSA) is 61.8 Å². The van der Waals surface area contributed by atoms with Gasteiger partial charge in [0.15, 0.2) is 0 Å². The van der Waals surface area contributed by atoms with Crippen molar-refractivity contribution in [3.05, 3.63) is 11.8 Å². The van der Waals surface area contributed by atoms with Crippen LogP contribution in [-0.2, 0) is 23.8 Å². The summed E-state index contributed by atoms with van der Waals surface area (Å²) in [4.78, 5) is 22.8. The molecule has 0 bridgehead atoms. The predicted octanol–water partition coefficient (Wildman–Crippen LogP) is 2.06. The Bertz CT molecular complexity index is 296. The molecule has 0 heterocycles. The maximum Gasteiger partial charge on any atom is 0.336 e. The van der Waals surface area contributed by atoms with Crippen molar-refractivity contribution in [1.29, 1.82) is 0 Å². The number of rotatable bonds is 8. The Labute approximate surface area is 108 Å². The van der Waals surface area contributed by atoms with Gasteiger partial charge in [-0.25, -0.2) is 4.79 Å². The highest BCUT2D eigenvalue weighted by atomic mass is 16.5. The van der Waals surface area contributed by atoms with Crippen LogP contribution in [0.1, 0.15) is 33.6 Å². The predicted molar refractivity (Wildman–Crippen MR) is 66.8 cm³/mol. The van der Waals surface area contributed by atoms with Crippen LogP contribution in [0.5, 0.6) is 0 Å². The van der Waals surface area contributed by atoms with E-state index in [2.05, 4.69) is 0 Å². The molecule has 0 fully saturated rings. The monoisotopic (exact) mass is 258 g/mol. The van der Waals surface area contributed by atoms with Crippen molar-refractivity contribution in [1.82, 2.24) is 0 Å². The fourth-order valence-electron chi connectivity index (χ4n) is 1.05. The standard InChI is InChI=1S/C13H22O5/c1-5-6-7-17-12(14)11(3)9-18-13(15)10(2)8-16-4/h9-10H,5-8H2,1-4H3. The summed E-state index contributed by atoms with van der Waals surface area (Å²) in [5.41, 5.74) is 0.268. The summed E-state index contributed by atoms with van der Waals surface area (Å²) in [5, 5.41) is 0. The molecule has 5 nitrogen and oxygen atoms in total. The molecule has 0 aliphatic heterocycles. The highest BCUT2D eigenvalue weighted by Crippen LogP contribution is 2.03. The van der Waals surface area contributed by atoms with Gasteiger partial charge in [-0.2, -0.15) is 0 Å². The molecule has 0 aliphatic rings. The van der Waals surface area contributed by atoms with Gasteiger partial charge in [0.2, 0.25) is 0 Å². The molecule has 0 amide bonds. The Hall–Kier alpha value is -1.36. The maximum atomic E-state index is 11.4. The van der Waals surface area contributed by atoms with Crippen molar-refractivity contribution in [3.8, 4) is 0 Å². The Morgan fingerprint density at radius 3 is 2.56 bits per heavy atom. The Morgan fingerprint density at radius 1 is 1.33 bits per heavy atom. The average Bonchev–Trinajstić information content (AvgIpc) is 2.35. The third kappa shape index (κ3) is 7.06. The van der Waals surface area contributed by atoms with E-state index in [-0.39, 0.29) is 18.1 Å². The third-order valence-corrected chi connectivity index (χ3v) is 2.22. The molecule has 0 aromatic heterocycles. The smallest absolute Gasteiger partial charge is 0.336 e. The molecule has 0 aromatic carbocycles. The Morgan fingerprint density at radius 2 is 2.00 bits per heavy atom. The van der Waals surface area contributed by atoms with Gasteiger partial charge in [0.1, 0.15) is 6.26 Å². The van der Waals surface area contributed by atoms with Crippen molar-refractivity contribution >= 4 is 11.9 Å². The second-order valence-electron chi connectivity index (χ2n) is 4.08. The van der Waals surface area contributed by atoms with Crippen LogP contribution in [-0.4, -0.2) is 32.3 Å². The molecule has 0 saturated carbocycles. The summed E-state index contributed by atoms with van der Waals surface area (Å²) in [6, 6.07) is 0. The lowest BCUT2D eigenvalue weighted by atomic mass is 10.2. The Kier molecular flexibility index (Phi) is 8.92. The zero-order chi connectivity index (χ0) is 14.0. The average molecular weight is 258 g/mol. The largest absolute Gasteiger partial charge is 0.462 e. The Balaban J connectivity index is 4.09. The molecule has 0 rings (SSSR count). The SMILES string of the molecule is CCCCOC(=O)C(C)=COC(=O)C(C)COC. The summed E-state index contributed by atoms with van der Waals surface area (Å²) >= 11 is 0. The van der Waals surface area contributed by atoms with Crippen molar-refractivity contribution in [2.75, 3.05) is 20.3 Å². The van der Waals surface area contributed by atoms with Crippen LogP contribution in [0, 0.1) is 5.92 Å². The minimum atomic E-state index is -0.462. The number of methoxy groups -OCH3 is 1. The quantitative estimate of drug-likeness (QED) is 0.288. The molecule has 5 heteroatoms. The van der Waals surface area contributed by atoms with Crippen molar-refractivity contribution in [3.63, 3.8) is 0 Å². The van der Waals surface area contributed by atoms with E-state index in [9.17, 15) is 9.59 Å². The van der Waals surface area contributed by atoms with Crippen LogP contribution in [0.4, 0.5) is 0 Å². The van der Waals surface area contributed by atoms with Gasteiger partial charge >= 0.3 is 11.9 Å². The molecule has 104 valence electrons. The highest BCUT2D eigenvalue weighted by Gasteiger charge is 2.14. The van der Waals surface area contributed by atoms with Gasteiger partial charge in [-0.1, -0.05) is 13.3 Å². The first-order valence-corrected chi connectivity index (χ1v) is 6.06. The van der Waals surface area contributed by atoms with Gasteiger partial charge in [-0.15, -0.1) is 0 Å². The van der Waals surface area contributed by atoms with Crippen LogP contribution in [0.2, 0.25) is 0 Å². The van der Waals surface area contributed by atoms with Crippen LogP contribution >= 0.6 is 0 Å². The van der Waals surface area contributed by atoms with E-state index in [0.717, 1.165) is 19.1 Å². The van der Waals surface area contributed by atoms with Crippen molar-refractivity contribution in [2.45, 2.75) is 33.6 Å². The van der Waals surface area contributed by atoms with E-state index in [1.54, 1.807) is 13.8 Å². The number of unbranched alkanes of at least 4 members (excludes halogenated alkanes) is 1. The van der Waals surface area contributed by atoms with Crippen LogP contribution in [0.25, 0.3) is 0 Å². The van der Waals surface area contributed by atoms with Crippen LogP contribution < -0.4 is 0 Å². The molecule has 0 radical (unpaired) electrons. The summed E-state index contributed by atoms with van der Waals surface area (Å²) in [5.74, 6) is -1.26. The number of carbonyl (C=O) groups excluding carboxylic acids is 2. The third-order valence-electron chi connectivity index (χ3n) is 2.22. The summed E-state index contributed by atoms with van der Waals surface area (Å²) < 4.78 is 14.7. The number of hydrogen-bond acceptors (Lipinski definition) is 5. The first kappa shape index (κ1) is 16.6. The molecule has 18 heavy (non-hydrogen) atoms. The van der Waals surface area contributed by atoms with E-state index in [0.29, 0.717) is 6.61 Å². The minimum absolute atomic E-state index is 0.268. The van der Waals surface area contributed by atoms with Crippen molar-refractivity contribution in [2.24, 2.45) is 5.92 Å². The second kappa shape index (κ2) is 9.65. The van der Waals surface area contributed by atoms with Gasteiger partial charge in [0, 0.05) is 7.11 Å². The van der Waals surface area contributed by atoms with Crippen LogP contribution in [0.3, 0.4) is 0 Å². The molecule has 0 spiro atoms. The molecule has 0 aliphatic carbocycles. The molecule has 1 atom stereocenters. The molecular formula is C13H22O5. The van der Waals surface area contributed by atoms with Gasteiger partial charge in [-0.05, 0) is 20.3 Å². The minimum Gasteiger partial charge on any atom is -0.462 e. The number of hydrogen-bond donors (Lipinski definition) is 0. The van der Waals surface area contributed by atoms with Gasteiger partial charge in [0.05, 0.1) is 24.7 Å². The lowest BCUT2D eigenvalue weighted by Crippen LogP contribution is -2.17.